The highest BCUT2D eigenvalue weighted by Crippen LogP contribution is 2.17. The van der Waals surface area contributed by atoms with E-state index in [1.807, 2.05) is 6.92 Å². The van der Waals surface area contributed by atoms with Gasteiger partial charge in [-0.05, 0) is 43.5 Å². The van der Waals surface area contributed by atoms with Crippen molar-refractivity contribution >= 4 is 39.9 Å². The lowest BCUT2D eigenvalue weighted by molar-refractivity contribution is -0.116. The number of halogens is 1. The standard InChI is InChI=1S/C18H22ClN3O2S/c1-12(2)8-9-22(17(24)14-4-6-15(19)7-5-14)11-16(23)21-18-20-10-13(3)25-18/h4-7,10,12H,8-9,11H2,1-3H3,(H,20,21,23). The summed E-state index contributed by atoms with van der Waals surface area (Å²) < 4.78 is 0. The summed E-state index contributed by atoms with van der Waals surface area (Å²) in [6.07, 6.45) is 2.53. The van der Waals surface area contributed by atoms with E-state index >= 15 is 0 Å². The molecule has 0 saturated heterocycles. The Hall–Kier alpha value is -1.92. The quantitative estimate of drug-likeness (QED) is 0.782. The molecular weight excluding hydrogens is 358 g/mol. The molecule has 1 N–H and O–H groups in total. The van der Waals surface area contributed by atoms with Gasteiger partial charge in [0.2, 0.25) is 5.91 Å². The third-order valence-electron chi connectivity index (χ3n) is 3.56. The second-order valence-electron chi connectivity index (χ2n) is 6.24. The molecule has 2 rings (SSSR count). The molecule has 134 valence electrons. The Morgan fingerprint density at radius 2 is 1.96 bits per heavy atom. The lowest BCUT2D eigenvalue weighted by Crippen LogP contribution is -2.39. The molecule has 0 aliphatic heterocycles. The van der Waals surface area contributed by atoms with Crippen molar-refractivity contribution in [2.24, 2.45) is 5.92 Å². The fraction of sp³-hybridized carbons (Fsp3) is 0.389. The maximum atomic E-state index is 12.8. The Morgan fingerprint density at radius 3 is 2.52 bits per heavy atom. The molecule has 0 fully saturated rings. The predicted octanol–water partition coefficient (Wildman–Crippen LogP) is 4.23. The third kappa shape index (κ3) is 6.14. The molecule has 7 heteroatoms. The Bertz CT molecular complexity index is 728. The average Bonchev–Trinajstić information content (AvgIpc) is 2.96. The zero-order chi connectivity index (χ0) is 18.4. The molecule has 0 spiro atoms. The minimum absolute atomic E-state index is 0.00714. The summed E-state index contributed by atoms with van der Waals surface area (Å²) >= 11 is 7.29. The van der Waals surface area contributed by atoms with Gasteiger partial charge in [0, 0.05) is 28.2 Å². The largest absolute Gasteiger partial charge is 0.329 e. The van der Waals surface area contributed by atoms with Crippen LogP contribution in [-0.2, 0) is 4.79 Å². The molecule has 0 radical (unpaired) electrons. The number of nitrogens with zero attached hydrogens (tertiary/aromatic N) is 2. The zero-order valence-corrected chi connectivity index (χ0v) is 16.2. The van der Waals surface area contributed by atoms with E-state index in [4.69, 9.17) is 11.6 Å². The Kier molecular flexibility index (Phi) is 6.96. The van der Waals surface area contributed by atoms with Crippen LogP contribution in [0.25, 0.3) is 0 Å². The van der Waals surface area contributed by atoms with Crippen LogP contribution in [0.2, 0.25) is 5.02 Å². The highest BCUT2D eigenvalue weighted by Gasteiger charge is 2.19. The number of anilines is 1. The summed E-state index contributed by atoms with van der Waals surface area (Å²) in [4.78, 5) is 31.8. The van der Waals surface area contributed by atoms with Crippen LogP contribution in [0, 0.1) is 12.8 Å². The average molecular weight is 380 g/mol. The maximum absolute atomic E-state index is 12.8. The number of hydrogen-bond donors (Lipinski definition) is 1. The van der Waals surface area contributed by atoms with E-state index in [-0.39, 0.29) is 18.4 Å². The van der Waals surface area contributed by atoms with Gasteiger partial charge in [-0.3, -0.25) is 9.59 Å². The molecule has 5 nitrogen and oxygen atoms in total. The van der Waals surface area contributed by atoms with Crippen molar-refractivity contribution < 1.29 is 9.59 Å². The normalized spacial score (nSPS) is 10.8. The van der Waals surface area contributed by atoms with Gasteiger partial charge in [0.25, 0.3) is 5.91 Å². The highest BCUT2D eigenvalue weighted by atomic mass is 35.5. The van der Waals surface area contributed by atoms with Crippen LogP contribution >= 0.6 is 22.9 Å². The lowest BCUT2D eigenvalue weighted by Gasteiger charge is -2.23. The number of aromatic nitrogens is 1. The first-order valence-electron chi connectivity index (χ1n) is 8.12. The smallest absolute Gasteiger partial charge is 0.254 e. The van der Waals surface area contributed by atoms with Crippen molar-refractivity contribution in [1.29, 1.82) is 0 Å². The molecule has 2 aromatic rings. The first-order chi connectivity index (χ1) is 11.8. The van der Waals surface area contributed by atoms with Crippen molar-refractivity contribution in [1.82, 2.24) is 9.88 Å². The Balaban J connectivity index is 2.07. The first kappa shape index (κ1) is 19.4. The van der Waals surface area contributed by atoms with Crippen molar-refractivity contribution in [3.05, 3.63) is 45.9 Å². The summed E-state index contributed by atoms with van der Waals surface area (Å²) in [6.45, 7) is 6.61. The summed E-state index contributed by atoms with van der Waals surface area (Å²) in [5.74, 6) is 0.00777. The van der Waals surface area contributed by atoms with E-state index in [0.29, 0.717) is 28.2 Å². The van der Waals surface area contributed by atoms with Gasteiger partial charge in [-0.15, -0.1) is 11.3 Å². The van der Waals surface area contributed by atoms with Crippen LogP contribution in [0.15, 0.2) is 30.5 Å². The van der Waals surface area contributed by atoms with Crippen LogP contribution in [0.5, 0.6) is 0 Å². The van der Waals surface area contributed by atoms with Gasteiger partial charge < -0.3 is 10.2 Å². The van der Waals surface area contributed by atoms with Gasteiger partial charge in [-0.25, -0.2) is 4.98 Å². The van der Waals surface area contributed by atoms with Crippen LogP contribution in [-0.4, -0.2) is 34.8 Å². The monoisotopic (exact) mass is 379 g/mol. The Morgan fingerprint density at radius 1 is 1.28 bits per heavy atom. The fourth-order valence-electron chi connectivity index (χ4n) is 2.19. The molecule has 1 heterocycles. The molecule has 0 aliphatic rings. The number of nitrogens with one attached hydrogen (secondary N) is 1. The van der Waals surface area contributed by atoms with Gasteiger partial charge in [0.05, 0.1) is 0 Å². The van der Waals surface area contributed by atoms with Crippen LogP contribution in [0.3, 0.4) is 0 Å². The van der Waals surface area contributed by atoms with Gasteiger partial charge >= 0.3 is 0 Å². The van der Waals surface area contributed by atoms with Crippen LogP contribution < -0.4 is 5.32 Å². The molecule has 0 bridgehead atoms. The minimum atomic E-state index is -0.250. The summed E-state index contributed by atoms with van der Waals surface area (Å²) in [7, 11) is 0. The molecule has 1 aromatic carbocycles. The van der Waals surface area contributed by atoms with E-state index in [0.717, 1.165) is 11.3 Å². The van der Waals surface area contributed by atoms with Gasteiger partial charge in [0.1, 0.15) is 6.54 Å². The minimum Gasteiger partial charge on any atom is -0.329 e. The predicted molar refractivity (Wildman–Crippen MR) is 102 cm³/mol. The molecular formula is C18H22ClN3O2S. The topological polar surface area (TPSA) is 62.3 Å². The van der Waals surface area contributed by atoms with E-state index in [1.165, 1.54) is 11.3 Å². The lowest BCUT2D eigenvalue weighted by atomic mass is 10.1. The third-order valence-corrected chi connectivity index (χ3v) is 4.64. The second-order valence-corrected chi connectivity index (χ2v) is 7.91. The second kappa shape index (κ2) is 8.97. The van der Waals surface area contributed by atoms with E-state index < -0.39 is 0 Å². The van der Waals surface area contributed by atoms with Crippen LogP contribution in [0.1, 0.15) is 35.5 Å². The highest BCUT2D eigenvalue weighted by molar-refractivity contribution is 7.15. The molecule has 0 unspecified atom stereocenters. The summed E-state index contributed by atoms with van der Waals surface area (Å²) in [5, 5.41) is 3.87. The Labute approximate surface area is 157 Å². The number of rotatable bonds is 7. The fourth-order valence-corrected chi connectivity index (χ4v) is 2.99. The molecule has 2 amide bonds. The molecule has 0 aliphatic carbocycles. The van der Waals surface area contributed by atoms with Gasteiger partial charge in [-0.2, -0.15) is 0 Å². The summed E-state index contributed by atoms with van der Waals surface area (Å²) in [5.41, 5.74) is 0.519. The van der Waals surface area contributed by atoms with Crippen LogP contribution in [0.4, 0.5) is 5.13 Å². The number of thiazole rings is 1. The number of carbonyl (C=O) groups is 2. The number of benzene rings is 1. The van der Waals surface area contributed by atoms with Gasteiger partial charge in [0.15, 0.2) is 5.13 Å². The first-order valence-corrected chi connectivity index (χ1v) is 9.31. The SMILES string of the molecule is Cc1cnc(NC(=O)CN(CCC(C)C)C(=O)c2ccc(Cl)cc2)s1. The van der Waals surface area contributed by atoms with E-state index in [2.05, 4.69) is 24.1 Å². The zero-order valence-electron chi connectivity index (χ0n) is 14.6. The summed E-state index contributed by atoms with van der Waals surface area (Å²) in [6, 6.07) is 6.70. The number of amides is 2. The van der Waals surface area contributed by atoms with Crippen molar-refractivity contribution in [2.45, 2.75) is 27.2 Å². The molecule has 0 atom stereocenters. The van der Waals surface area contributed by atoms with E-state index in [9.17, 15) is 9.59 Å². The van der Waals surface area contributed by atoms with Gasteiger partial charge in [-0.1, -0.05) is 25.4 Å². The number of aryl methyl sites for hydroxylation is 1. The molecule has 25 heavy (non-hydrogen) atoms. The van der Waals surface area contributed by atoms with Crippen molar-refractivity contribution in [2.75, 3.05) is 18.4 Å². The maximum Gasteiger partial charge on any atom is 0.254 e. The number of hydrogen-bond acceptors (Lipinski definition) is 4. The molecule has 1 aromatic heterocycles. The molecule has 0 saturated carbocycles. The number of carbonyl (C=O) groups excluding carboxylic acids is 2. The van der Waals surface area contributed by atoms with Crippen molar-refractivity contribution in [3.63, 3.8) is 0 Å². The van der Waals surface area contributed by atoms with E-state index in [1.54, 1.807) is 35.4 Å². The van der Waals surface area contributed by atoms with Crippen molar-refractivity contribution in [3.8, 4) is 0 Å².